The van der Waals surface area contributed by atoms with E-state index < -0.39 is 0 Å². The Kier molecular flexibility index (Phi) is 6.07. The number of hydrogen-bond donors (Lipinski definition) is 1. The minimum absolute atomic E-state index is 0.0568. The number of allylic oxidation sites excluding steroid dienone is 1. The second-order valence-corrected chi connectivity index (χ2v) is 7.62. The summed E-state index contributed by atoms with van der Waals surface area (Å²) >= 11 is 0. The van der Waals surface area contributed by atoms with Crippen molar-refractivity contribution in [2.24, 2.45) is 0 Å². The van der Waals surface area contributed by atoms with Crippen molar-refractivity contribution in [3.05, 3.63) is 70.5 Å². The van der Waals surface area contributed by atoms with Gasteiger partial charge in [-0.25, -0.2) is 8.91 Å². The summed E-state index contributed by atoms with van der Waals surface area (Å²) < 4.78 is 16.2. The van der Waals surface area contributed by atoms with Gasteiger partial charge in [0, 0.05) is 37.5 Å². The molecule has 0 saturated carbocycles. The van der Waals surface area contributed by atoms with E-state index in [1.54, 1.807) is 30.6 Å². The van der Waals surface area contributed by atoms with E-state index in [1.807, 2.05) is 0 Å². The molecule has 1 aromatic carbocycles. The third-order valence-corrected chi connectivity index (χ3v) is 5.48. The summed E-state index contributed by atoms with van der Waals surface area (Å²) in [5.74, 6) is -0.377. The van der Waals surface area contributed by atoms with Gasteiger partial charge in [0.1, 0.15) is 11.3 Å². The van der Waals surface area contributed by atoms with E-state index in [9.17, 15) is 14.0 Å². The van der Waals surface area contributed by atoms with Crippen LogP contribution in [0.3, 0.4) is 0 Å². The molecule has 2 aromatic heterocycles. The summed E-state index contributed by atoms with van der Waals surface area (Å²) in [6.07, 6.45) is 11.5. The van der Waals surface area contributed by atoms with Crippen LogP contribution in [-0.2, 0) is 11.3 Å². The van der Waals surface area contributed by atoms with Crippen molar-refractivity contribution in [1.82, 2.24) is 19.5 Å². The second-order valence-electron chi connectivity index (χ2n) is 7.62. The van der Waals surface area contributed by atoms with E-state index in [0.717, 1.165) is 24.8 Å². The molecule has 156 valence electrons. The van der Waals surface area contributed by atoms with E-state index >= 15 is 0 Å². The molecule has 0 saturated heterocycles. The van der Waals surface area contributed by atoms with Crippen LogP contribution in [0.1, 0.15) is 38.5 Å². The molecule has 7 heteroatoms. The highest BCUT2D eigenvalue weighted by molar-refractivity contribution is 5.75. The Hall–Kier alpha value is -3.22. The molecule has 1 N–H and O–H groups in total. The molecule has 1 aliphatic carbocycles. The highest BCUT2D eigenvalue weighted by Gasteiger charge is 2.11. The third-order valence-electron chi connectivity index (χ3n) is 5.48. The molecule has 0 radical (unpaired) electrons. The number of benzene rings is 1. The SMILES string of the molecule is O=C(CCn1ccn2nc(-c3ccc(F)cc3)cc2c1=O)NCCC1=CCCCC1. The Labute approximate surface area is 174 Å². The number of carbonyl (C=O) groups is 1. The first-order chi connectivity index (χ1) is 14.6. The zero-order valence-electron chi connectivity index (χ0n) is 16.8. The van der Waals surface area contributed by atoms with Crippen molar-refractivity contribution in [2.45, 2.75) is 45.1 Å². The van der Waals surface area contributed by atoms with E-state index in [-0.39, 0.29) is 23.7 Å². The van der Waals surface area contributed by atoms with Gasteiger partial charge in [-0.05, 0) is 62.4 Å². The number of nitrogens with one attached hydrogen (secondary N) is 1. The van der Waals surface area contributed by atoms with Gasteiger partial charge in [-0.1, -0.05) is 11.6 Å². The smallest absolute Gasteiger partial charge is 0.276 e. The summed E-state index contributed by atoms with van der Waals surface area (Å²) in [6, 6.07) is 7.67. The molecule has 30 heavy (non-hydrogen) atoms. The molecule has 0 aliphatic heterocycles. The van der Waals surface area contributed by atoms with E-state index in [4.69, 9.17) is 0 Å². The van der Waals surface area contributed by atoms with Crippen molar-refractivity contribution < 1.29 is 9.18 Å². The third kappa shape index (κ3) is 4.67. The van der Waals surface area contributed by atoms with Crippen molar-refractivity contribution in [1.29, 1.82) is 0 Å². The maximum absolute atomic E-state index is 13.1. The number of aryl methyl sites for hydroxylation is 1. The second kappa shape index (κ2) is 9.07. The zero-order valence-corrected chi connectivity index (χ0v) is 16.8. The molecular formula is C23H25FN4O2. The first-order valence-corrected chi connectivity index (χ1v) is 10.4. The van der Waals surface area contributed by atoms with Gasteiger partial charge in [0.05, 0.1) is 5.69 Å². The monoisotopic (exact) mass is 408 g/mol. The average molecular weight is 408 g/mol. The molecule has 1 aliphatic rings. The van der Waals surface area contributed by atoms with Gasteiger partial charge in [0.2, 0.25) is 5.91 Å². The lowest BCUT2D eigenvalue weighted by atomic mass is 9.97. The van der Waals surface area contributed by atoms with Gasteiger partial charge in [-0.3, -0.25) is 9.59 Å². The minimum Gasteiger partial charge on any atom is -0.356 e. The fraction of sp³-hybridized carbons (Fsp3) is 0.348. The summed E-state index contributed by atoms with van der Waals surface area (Å²) in [4.78, 5) is 24.9. The van der Waals surface area contributed by atoms with E-state index in [0.29, 0.717) is 24.3 Å². The number of amides is 1. The van der Waals surface area contributed by atoms with Crippen LogP contribution in [0.25, 0.3) is 16.8 Å². The van der Waals surface area contributed by atoms with Gasteiger partial charge in [-0.2, -0.15) is 5.10 Å². The van der Waals surface area contributed by atoms with Gasteiger partial charge in [-0.15, -0.1) is 0 Å². The zero-order chi connectivity index (χ0) is 20.9. The van der Waals surface area contributed by atoms with Crippen LogP contribution in [0, 0.1) is 5.82 Å². The molecule has 3 aromatic rings. The predicted molar refractivity (Wildman–Crippen MR) is 114 cm³/mol. The topological polar surface area (TPSA) is 68.4 Å². The van der Waals surface area contributed by atoms with Crippen molar-refractivity contribution in [3.8, 4) is 11.3 Å². The average Bonchev–Trinajstić information content (AvgIpc) is 3.20. The van der Waals surface area contributed by atoms with E-state index in [1.165, 1.54) is 39.6 Å². The fourth-order valence-electron chi connectivity index (χ4n) is 3.77. The minimum atomic E-state index is -0.321. The summed E-state index contributed by atoms with van der Waals surface area (Å²) in [6.45, 7) is 0.948. The number of aromatic nitrogens is 3. The first-order valence-electron chi connectivity index (χ1n) is 10.4. The van der Waals surface area contributed by atoms with Crippen LogP contribution in [-0.4, -0.2) is 26.6 Å². The van der Waals surface area contributed by atoms with Gasteiger partial charge in [0.15, 0.2) is 0 Å². The number of nitrogens with zero attached hydrogens (tertiary/aromatic N) is 3. The maximum atomic E-state index is 13.1. The summed E-state index contributed by atoms with van der Waals surface area (Å²) in [7, 11) is 0. The Bertz CT molecular complexity index is 1130. The van der Waals surface area contributed by atoms with Crippen molar-refractivity contribution in [2.75, 3.05) is 6.54 Å². The van der Waals surface area contributed by atoms with Crippen LogP contribution in [0.15, 0.2) is 59.2 Å². The normalized spacial score (nSPS) is 14.0. The number of hydrogen-bond acceptors (Lipinski definition) is 3. The number of carbonyl (C=O) groups excluding carboxylic acids is 1. The van der Waals surface area contributed by atoms with E-state index in [2.05, 4.69) is 16.5 Å². The highest BCUT2D eigenvalue weighted by atomic mass is 19.1. The van der Waals surface area contributed by atoms with Crippen LogP contribution in [0.2, 0.25) is 0 Å². The predicted octanol–water partition coefficient (Wildman–Crippen LogP) is 3.70. The Balaban J connectivity index is 1.37. The number of halogens is 1. The molecule has 0 unspecified atom stereocenters. The molecule has 0 fully saturated rings. The van der Waals surface area contributed by atoms with Crippen LogP contribution < -0.4 is 10.9 Å². The Morgan fingerprint density at radius 2 is 2.00 bits per heavy atom. The molecule has 2 heterocycles. The maximum Gasteiger partial charge on any atom is 0.276 e. The van der Waals surface area contributed by atoms with Crippen LogP contribution in [0.5, 0.6) is 0 Å². The molecule has 6 nitrogen and oxygen atoms in total. The summed E-state index contributed by atoms with van der Waals surface area (Å²) in [5, 5.41) is 7.33. The lowest BCUT2D eigenvalue weighted by Crippen LogP contribution is -2.28. The summed E-state index contributed by atoms with van der Waals surface area (Å²) in [5.41, 5.74) is 2.97. The number of fused-ring (bicyclic) bond motifs is 1. The largest absolute Gasteiger partial charge is 0.356 e. The first kappa shape index (κ1) is 20.1. The van der Waals surface area contributed by atoms with Crippen molar-refractivity contribution in [3.63, 3.8) is 0 Å². The molecule has 0 spiro atoms. The lowest BCUT2D eigenvalue weighted by Gasteiger charge is -2.13. The highest BCUT2D eigenvalue weighted by Crippen LogP contribution is 2.20. The molecule has 0 atom stereocenters. The quantitative estimate of drug-likeness (QED) is 0.606. The molecule has 1 amide bonds. The van der Waals surface area contributed by atoms with Crippen LogP contribution >= 0.6 is 0 Å². The molecule has 0 bridgehead atoms. The number of rotatable bonds is 7. The van der Waals surface area contributed by atoms with Gasteiger partial charge in [0.25, 0.3) is 5.56 Å². The standard InChI is InChI=1S/C23H25FN4O2/c24-19-8-6-18(7-9-19)20-16-21-23(30)27(14-15-28(21)26-20)13-11-22(29)25-12-10-17-4-2-1-3-5-17/h4,6-9,14-16H,1-3,5,10-13H2,(H,25,29). The van der Waals surface area contributed by atoms with Crippen molar-refractivity contribution >= 4 is 11.4 Å². The Morgan fingerprint density at radius 1 is 1.17 bits per heavy atom. The molecular weight excluding hydrogens is 383 g/mol. The van der Waals surface area contributed by atoms with Crippen LogP contribution in [0.4, 0.5) is 4.39 Å². The fourth-order valence-corrected chi connectivity index (χ4v) is 3.77. The van der Waals surface area contributed by atoms with Gasteiger partial charge >= 0.3 is 0 Å². The van der Waals surface area contributed by atoms with Gasteiger partial charge < -0.3 is 9.88 Å². The Morgan fingerprint density at radius 3 is 2.77 bits per heavy atom. The lowest BCUT2D eigenvalue weighted by molar-refractivity contribution is -0.121. The molecule has 4 rings (SSSR count).